The molecule has 0 amide bonds. The molecule has 1 radical (unpaired) electrons. The zero-order valence-electron chi connectivity index (χ0n) is 26.2. The lowest BCUT2D eigenvalue weighted by Gasteiger charge is -2.28. The first kappa shape index (κ1) is 32.9. The molecule has 5 heteroatoms. The van der Waals surface area contributed by atoms with Crippen LogP contribution >= 0.6 is 23.2 Å². The number of benzene rings is 4. The lowest BCUT2D eigenvalue weighted by molar-refractivity contribution is 0.202. The zero-order valence-corrected chi connectivity index (χ0v) is 27.7. The fourth-order valence-electron chi connectivity index (χ4n) is 5.46. The van der Waals surface area contributed by atoms with Crippen molar-refractivity contribution < 1.29 is 14.2 Å². The summed E-state index contributed by atoms with van der Waals surface area (Å²) in [5.74, 6) is 1.58. The number of halogens is 2. The first-order valence-electron chi connectivity index (χ1n) is 14.9. The molecule has 0 saturated carbocycles. The molecule has 0 aromatic heterocycles. The van der Waals surface area contributed by atoms with E-state index in [1.54, 1.807) is 7.11 Å². The summed E-state index contributed by atoms with van der Waals surface area (Å²) in [6.07, 6.45) is 4.29. The Morgan fingerprint density at radius 1 is 0.791 bits per heavy atom. The van der Waals surface area contributed by atoms with Crippen molar-refractivity contribution in [1.29, 1.82) is 0 Å². The molecule has 0 aliphatic carbocycles. The van der Waals surface area contributed by atoms with Crippen molar-refractivity contribution in [2.75, 3.05) is 26.9 Å². The van der Waals surface area contributed by atoms with E-state index in [4.69, 9.17) is 37.4 Å². The third-order valence-corrected chi connectivity index (χ3v) is 7.96. The van der Waals surface area contributed by atoms with Crippen LogP contribution in [0.25, 0.3) is 11.1 Å². The average Bonchev–Trinajstić information content (AvgIpc) is 2.95. The molecule has 0 N–H and O–H groups in total. The normalized spacial score (nSPS) is 12.3. The summed E-state index contributed by atoms with van der Waals surface area (Å²) in [7, 11) is 1.75. The molecule has 0 heterocycles. The van der Waals surface area contributed by atoms with Gasteiger partial charge in [0.25, 0.3) is 0 Å². The van der Waals surface area contributed by atoms with Crippen LogP contribution in [0.1, 0.15) is 54.5 Å². The molecule has 1 atom stereocenters. The quantitative estimate of drug-likeness (QED) is 0.140. The monoisotopic (exact) mass is 617 g/mol. The summed E-state index contributed by atoms with van der Waals surface area (Å²) in [5, 5.41) is 1.01. The van der Waals surface area contributed by atoms with E-state index in [0.29, 0.717) is 35.6 Å². The maximum absolute atomic E-state index is 6.29. The Morgan fingerprint density at radius 3 is 2.12 bits per heavy atom. The average molecular weight is 619 g/mol. The van der Waals surface area contributed by atoms with Crippen LogP contribution in [0.15, 0.2) is 78.9 Å². The summed E-state index contributed by atoms with van der Waals surface area (Å²) in [6, 6.07) is 27.6. The lowest BCUT2D eigenvalue weighted by Crippen LogP contribution is -2.16. The van der Waals surface area contributed by atoms with Crippen LogP contribution in [0.5, 0.6) is 11.5 Å². The van der Waals surface area contributed by atoms with E-state index in [2.05, 4.69) is 88.7 Å². The molecule has 0 spiro atoms. The van der Waals surface area contributed by atoms with E-state index in [1.807, 2.05) is 31.2 Å². The molecular formula is C38H43Cl2O3. The van der Waals surface area contributed by atoms with Crippen LogP contribution in [0.2, 0.25) is 10.0 Å². The van der Waals surface area contributed by atoms with Gasteiger partial charge >= 0.3 is 0 Å². The van der Waals surface area contributed by atoms with Gasteiger partial charge in [-0.3, -0.25) is 0 Å². The van der Waals surface area contributed by atoms with Gasteiger partial charge in [0.2, 0.25) is 0 Å². The summed E-state index contributed by atoms with van der Waals surface area (Å²) in [6.45, 7) is 12.4. The standard InChI is InChI=1S/C38H43Cl2O3/c1-26-21-35(39)37(36(40)22-26)43-20-19-42-32-14-11-28(12-15-32)24-31(25-38(3,4)5)33-16-13-30(23-27(33)2)34-10-8-7-9-29(34)17-18-41-6/h7-16,21-23,25,31H,17-20,24H2,1-6H3. The number of hydrogen-bond acceptors (Lipinski definition) is 3. The van der Waals surface area contributed by atoms with Crippen molar-refractivity contribution in [1.82, 2.24) is 0 Å². The highest BCUT2D eigenvalue weighted by Gasteiger charge is 2.23. The molecule has 43 heavy (non-hydrogen) atoms. The van der Waals surface area contributed by atoms with E-state index in [-0.39, 0.29) is 11.3 Å². The summed E-state index contributed by atoms with van der Waals surface area (Å²) in [5.41, 5.74) is 8.84. The first-order chi connectivity index (χ1) is 20.5. The number of hydrogen-bond donors (Lipinski definition) is 0. The van der Waals surface area contributed by atoms with Crippen molar-refractivity contribution in [3.8, 4) is 22.6 Å². The van der Waals surface area contributed by atoms with Gasteiger partial charge in [-0.05, 0) is 108 Å². The Bertz CT molecular complexity index is 1470. The second-order valence-corrected chi connectivity index (χ2v) is 13.0. The molecule has 4 aromatic carbocycles. The van der Waals surface area contributed by atoms with E-state index < -0.39 is 0 Å². The highest BCUT2D eigenvalue weighted by Crippen LogP contribution is 2.37. The summed E-state index contributed by atoms with van der Waals surface area (Å²) < 4.78 is 17.1. The molecule has 4 aromatic rings. The SMILES string of the molecule is COCCc1ccccc1-c1ccc(C([CH]C(C)(C)C)Cc2ccc(OCCOc3c(Cl)cc(C)cc3Cl)cc2)c(C)c1. The fourth-order valence-corrected chi connectivity index (χ4v) is 6.16. The molecule has 0 saturated heterocycles. The van der Waals surface area contributed by atoms with E-state index >= 15 is 0 Å². The van der Waals surface area contributed by atoms with Crippen molar-refractivity contribution in [3.63, 3.8) is 0 Å². The van der Waals surface area contributed by atoms with Gasteiger partial charge in [0.05, 0.1) is 16.7 Å². The molecule has 0 aliphatic heterocycles. The van der Waals surface area contributed by atoms with Gasteiger partial charge in [-0.15, -0.1) is 0 Å². The van der Waals surface area contributed by atoms with Gasteiger partial charge in [0.1, 0.15) is 19.0 Å². The van der Waals surface area contributed by atoms with Gasteiger partial charge < -0.3 is 14.2 Å². The van der Waals surface area contributed by atoms with E-state index in [1.165, 1.54) is 33.4 Å². The molecule has 0 aliphatic rings. The second kappa shape index (κ2) is 15.1. The third-order valence-electron chi connectivity index (χ3n) is 7.39. The minimum absolute atomic E-state index is 0.0782. The smallest absolute Gasteiger partial charge is 0.156 e. The lowest BCUT2D eigenvalue weighted by atomic mass is 9.77. The number of ether oxygens (including phenoxy) is 3. The minimum atomic E-state index is 0.0782. The number of rotatable bonds is 13. The zero-order chi connectivity index (χ0) is 31.0. The van der Waals surface area contributed by atoms with E-state index in [9.17, 15) is 0 Å². The van der Waals surface area contributed by atoms with Crippen LogP contribution in [0, 0.1) is 25.7 Å². The Kier molecular flexibility index (Phi) is 11.6. The fraction of sp³-hybridized carbons (Fsp3) is 0.342. The van der Waals surface area contributed by atoms with Crippen LogP contribution in [-0.2, 0) is 17.6 Å². The van der Waals surface area contributed by atoms with Crippen LogP contribution < -0.4 is 9.47 Å². The third kappa shape index (κ3) is 9.50. The van der Waals surface area contributed by atoms with Gasteiger partial charge in [0.15, 0.2) is 5.75 Å². The Labute approximate surface area is 268 Å². The van der Waals surface area contributed by atoms with Gasteiger partial charge in [-0.25, -0.2) is 0 Å². The topological polar surface area (TPSA) is 27.7 Å². The molecule has 0 fully saturated rings. The Morgan fingerprint density at radius 2 is 1.47 bits per heavy atom. The van der Waals surface area contributed by atoms with Crippen LogP contribution in [-0.4, -0.2) is 26.9 Å². The van der Waals surface area contributed by atoms with E-state index in [0.717, 1.165) is 24.2 Å². The number of methoxy groups -OCH3 is 1. The summed E-state index contributed by atoms with van der Waals surface area (Å²) >= 11 is 12.6. The van der Waals surface area contributed by atoms with Crippen molar-refractivity contribution in [3.05, 3.63) is 123 Å². The predicted molar refractivity (Wildman–Crippen MR) is 181 cm³/mol. The predicted octanol–water partition coefficient (Wildman–Crippen LogP) is 10.5. The van der Waals surface area contributed by atoms with Gasteiger partial charge in [-0.2, -0.15) is 0 Å². The Balaban J connectivity index is 1.43. The highest BCUT2D eigenvalue weighted by atomic mass is 35.5. The molecule has 0 bridgehead atoms. The van der Waals surface area contributed by atoms with Crippen molar-refractivity contribution in [2.24, 2.45) is 5.41 Å². The molecule has 227 valence electrons. The largest absolute Gasteiger partial charge is 0.490 e. The maximum Gasteiger partial charge on any atom is 0.156 e. The molecule has 3 nitrogen and oxygen atoms in total. The van der Waals surface area contributed by atoms with Gasteiger partial charge in [-0.1, -0.05) is 98.6 Å². The van der Waals surface area contributed by atoms with Crippen LogP contribution in [0.3, 0.4) is 0 Å². The van der Waals surface area contributed by atoms with Crippen molar-refractivity contribution >= 4 is 23.2 Å². The minimum Gasteiger partial charge on any atom is -0.490 e. The number of aryl methyl sites for hydroxylation is 2. The molecule has 1 unspecified atom stereocenters. The molecule has 4 rings (SSSR count). The molecular weight excluding hydrogens is 575 g/mol. The first-order valence-corrected chi connectivity index (χ1v) is 15.6. The maximum atomic E-state index is 6.29. The second-order valence-electron chi connectivity index (χ2n) is 12.2. The Hall–Kier alpha value is -2.98. The summed E-state index contributed by atoms with van der Waals surface area (Å²) in [4.78, 5) is 0. The highest BCUT2D eigenvalue weighted by molar-refractivity contribution is 6.37. The van der Waals surface area contributed by atoms with Crippen LogP contribution in [0.4, 0.5) is 0 Å². The van der Waals surface area contributed by atoms with Gasteiger partial charge in [0, 0.05) is 7.11 Å². The van der Waals surface area contributed by atoms with Crippen molar-refractivity contribution in [2.45, 2.75) is 53.4 Å².